The molecule has 1 atom stereocenters. The van der Waals surface area contributed by atoms with E-state index in [0.29, 0.717) is 5.54 Å². The van der Waals surface area contributed by atoms with Gasteiger partial charge < -0.3 is 0 Å². The van der Waals surface area contributed by atoms with Crippen LogP contribution in [0.1, 0.15) is 16.7 Å². The zero-order chi connectivity index (χ0) is 13.9. The largest absolute Gasteiger partial charge is 0.103 e. The van der Waals surface area contributed by atoms with Gasteiger partial charge in [0, 0.05) is 5.54 Å². The highest BCUT2D eigenvalue weighted by Gasteiger charge is 2.32. The molecule has 0 aliphatic carbocycles. The van der Waals surface area contributed by atoms with Crippen molar-refractivity contribution in [3.05, 3.63) is 78.4 Å². The zero-order valence-corrected chi connectivity index (χ0v) is 13.1. The van der Waals surface area contributed by atoms with Crippen molar-refractivity contribution in [2.24, 2.45) is 0 Å². The summed E-state index contributed by atoms with van der Waals surface area (Å²) in [7, 11) is -1.59. The van der Waals surface area contributed by atoms with Crippen LogP contribution in [-0.2, 0) is 0 Å². The molecule has 0 spiro atoms. The Morgan fingerprint density at radius 2 is 1.68 bits per heavy atom. The van der Waals surface area contributed by atoms with Crippen LogP contribution in [0.15, 0.2) is 67.3 Å². The summed E-state index contributed by atoms with van der Waals surface area (Å²) in [4.78, 5) is 0. The van der Waals surface area contributed by atoms with Crippen LogP contribution >= 0.6 is 0 Å². The lowest BCUT2D eigenvalue weighted by atomic mass is 10.1. The van der Waals surface area contributed by atoms with Crippen LogP contribution < -0.4 is 5.19 Å². The Balaban J connectivity index is 2.44. The zero-order valence-electron chi connectivity index (χ0n) is 12.1. The second-order valence-corrected chi connectivity index (χ2v) is 10.4. The highest BCUT2D eigenvalue weighted by atomic mass is 28.3. The fourth-order valence-electron chi connectivity index (χ4n) is 2.76. The lowest BCUT2D eigenvalue weighted by Gasteiger charge is -2.31. The minimum atomic E-state index is -1.59. The molecule has 0 aromatic heterocycles. The quantitative estimate of drug-likeness (QED) is 0.567. The second kappa shape index (κ2) is 5.58. The Bertz CT molecular complexity index is 555. The average Bonchev–Trinajstić information content (AvgIpc) is 2.40. The molecule has 0 saturated heterocycles. The third-order valence-electron chi connectivity index (χ3n) is 3.93. The normalized spacial score (nSPS) is 13.0. The highest BCUT2D eigenvalue weighted by molar-refractivity contribution is 6.91. The van der Waals surface area contributed by atoms with E-state index in [0.717, 1.165) is 0 Å². The number of hydrogen-bond donors (Lipinski definition) is 0. The lowest BCUT2D eigenvalue weighted by molar-refractivity contribution is 1.14. The predicted molar refractivity (Wildman–Crippen MR) is 87.7 cm³/mol. The number of allylic oxidation sites excluding steroid dienone is 1. The first-order valence-electron chi connectivity index (χ1n) is 6.80. The molecule has 0 heterocycles. The monoisotopic (exact) mass is 266 g/mol. The number of benzene rings is 2. The van der Waals surface area contributed by atoms with Crippen LogP contribution in [0, 0.1) is 6.92 Å². The van der Waals surface area contributed by atoms with Gasteiger partial charge in [0.1, 0.15) is 0 Å². The molecule has 0 saturated carbocycles. The fourth-order valence-corrected chi connectivity index (χ4v) is 5.77. The predicted octanol–water partition coefficient (Wildman–Crippen LogP) is 4.42. The van der Waals surface area contributed by atoms with E-state index in [4.69, 9.17) is 0 Å². The Morgan fingerprint density at radius 3 is 2.26 bits per heavy atom. The standard InChI is InChI=1S/C18H22Si/c1-5-18(16-11-9-10-15(2)14-16)19(3,4)17-12-7-6-8-13-17/h5-14,18H,1H2,2-4H3/t18-/m0/s1. The van der Waals surface area contributed by atoms with Gasteiger partial charge in [0.25, 0.3) is 0 Å². The molecule has 2 rings (SSSR count). The molecule has 0 bridgehead atoms. The number of aryl methyl sites for hydroxylation is 1. The Labute approximate surface area is 117 Å². The Hall–Kier alpha value is -1.60. The van der Waals surface area contributed by atoms with Crippen molar-refractivity contribution in [1.82, 2.24) is 0 Å². The van der Waals surface area contributed by atoms with Crippen molar-refractivity contribution in [3.63, 3.8) is 0 Å². The maximum atomic E-state index is 4.09. The SMILES string of the molecule is C=C[C@@H](c1cccc(C)c1)[Si](C)(C)c1ccccc1. The molecule has 0 unspecified atom stereocenters. The summed E-state index contributed by atoms with van der Waals surface area (Å²) in [5.74, 6) is 0. The molecule has 19 heavy (non-hydrogen) atoms. The van der Waals surface area contributed by atoms with E-state index in [9.17, 15) is 0 Å². The second-order valence-electron chi connectivity index (χ2n) is 5.72. The number of hydrogen-bond acceptors (Lipinski definition) is 0. The molecule has 0 radical (unpaired) electrons. The minimum absolute atomic E-state index is 0.454. The van der Waals surface area contributed by atoms with Gasteiger partial charge in [0.2, 0.25) is 0 Å². The van der Waals surface area contributed by atoms with Gasteiger partial charge in [0.05, 0.1) is 8.07 Å². The van der Waals surface area contributed by atoms with Crippen molar-refractivity contribution in [2.75, 3.05) is 0 Å². The molecular formula is C18H22Si. The summed E-state index contributed by atoms with van der Waals surface area (Å²) in [5.41, 5.74) is 3.17. The van der Waals surface area contributed by atoms with Gasteiger partial charge >= 0.3 is 0 Å². The molecule has 0 aliphatic heterocycles. The van der Waals surface area contributed by atoms with Crippen molar-refractivity contribution in [1.29, 1.82) is 0 Å². The van der Waals surface area contributed by atoms with Crippen LogP contribution in [0.2, 0.25) is 13.1 Å². The van der Waals surface area contributed by atoms with Crippen molar-refractivity contribution >= 4 is 13.3 Å². The smallest absolute Gasteiger partial charge is 0.0919 e. The van der Waals surface area contributed by atoms with E-state index in [-0.39, 0.29) is 0 Å². The highest BCUT2D eigenvalue weighted by Crippen LogP contribution is 2.28. The fraction of sp³-hybridized carbons (Fsp3) is 0.222. The molecule has 98 valence electrons. The summed E-state index contributed by atoms with van der Waals surface area (Å²) < 4.78 is 0. The molecule has 0 N–H and O–H groups in total. The van der Waals surface area contributed by atoms with Gasteiger partial charge in [-0.2, -0.15) is 0 Å². The summed E-state index contributed by atoms with van der Waals surface area (Å²) in [5, 5.41) is 1.49. The first-order valence-corrected chi connectivity index (χ1v) is 9.88. The summed E-state index contributed by atoms with van der Waals surface area (Å²) in [6, 6.07) is 19.7. The van der Waals surface area contributed by atoms with E-state index in [1.807, 2.05) is 0 Å². The van der Waals surface area contributed by atoms with Crippen molar-refractivity contribution < 1.29 is 0 Å². The van der Waals surface area contributed by atoms with Gasteiger partial charge in [-0.15, -0.1) is 6.58 Å². The third-order valence-corrected chi connectivity index (χ3v) is 7.88. The first kappa shape index (κ1) is 13.8. The van der Waals surface area contributed by atoms with Gasteiger partial charge in [-0.1, -0.05) is 84.5 Å². The number of rotatable bonds is 4. The molecule has 0 nitrogen and oxygen atoms in total. The van der Waals surface area contributed by atoms with E-state index < -0.39 is 8.07 Å². The van der Waals surface area contributed by atoms with Crippen LogP contribution in [0.25, 0.3) is 0 Å². The minimum Gasteiger partial charge on any atom is -0.103 e. The third kappa shape index (κ3) is 2.87. The van der Waals surface area contributed by atoms with E-state index in [2.05, 4.69) is 87.3 Å². The van der Waals surface area contributed by atoms with Gasteiger partial charge in [-0.25, -0.2) is 0 Å². The van der Waals surface area contributed by atoms with Crippen LogP contribution in [0.4, 0.5) is 0 Å². The molecule has 1 heteroatoms. The van der Waals surface area contributed by atoms with Crippen molar-refractivity contribution in [2.45, 2.75) is 25.6 Å². The summed E-state index contributed by atoms with van der Waals surface area (Å²) in [6.07, 6.45) is 2.13. The maximum absolute atomic E-state index is 4.09. The molecular weight excluding hydrogens is 244 g/mol. The molecule has 0 fully saturated rings. The maximum Gasteiger partial charge on any atom is 0.0919 e. The molecule has 0 amide bonds. The van der Waals surface area contributed by atoms with E-state index in [1.54, 1.807) is 0 Å². The van der Waals surface area contributed by atoms with E-state index in [1.165, 1.54) is 16.3 Å². The summed E-state index contributed by atoms with van der Waals surface area (Å²) >= 11 is 0. The molecule has 2 aromatic carbocycles. The average molecular weight is 266 g/mol. The topological polar surface area (TPSA) is 0 Å². The van der Waals surface area contributed by atoms with Gasteiger partial charge in [0.15, 0.2) is 0 Å². The lowest BCUT2D eigenvalue weighted by Crippen LogP contribution is -2.46. The Kier molecular flexibility index (Phi) is 4.06. The van der Waals surface area contributed by atoms with Crippen LogP contribution in [-0.4, -0.2) is 8.07 Å². The first-order chi connectivity index (χ1) is 9.05. The van der Waals surface area contributed by atoms with Crippen molar-refractivity contribution in [3.8, 4) is 0 Å². The summed E-state index contributed by atoms with van der Waals surface area (Å²) in [6.45, 7) is 11.1. The van der Waals surface area contributed by atoms with Crippen LogP contribution in [0.5, 0.6) is 0 Å². The molecule has 2 aromatic rings. The van der Waals surface area contributed by atoms with E-state index >= 15 is 0 Å². The molecule has 0 aliphatic rings. The Morgan fingerprint density at radius 1 is 1.00 bits per heavy atom. The van der Waals surface area contributed by atoms with Gasteiger partial charge in [-0.05, 0) is 12.5 Å². The van der Waals surface area contributed by atoms with Crippen LogP contribution in [0.3, 0.4) is 0 Å². The van der Waals surface area contributed by atoms with Gasteiger partial charge in [-0.3, -0.25) is 0 Å².